The first-order valence-electron chi connectivity index (χ1n) is 6.16. The molecular weight excluding hydrogens is 252 g/mol. The molecule has 1 amide bonds. The lowest BCUT2D eigenvalue weighted by molar-refractivity contribution is 0.1000. The number of nitrogens with zero attached hydrogens (tertiary/aromatic N) is 1. The SMILES string of the molecule is NC(=O)c1conc1-c1ccc(-c2ccccc2)cc1. The van der Waals surface area contributed by atoms with Crippen LogP contribution >= 0.6 is 0 Å². The van der Waals surface area contributed by atoms with Gasteiger partial charge in [0.2, 0.25) is 0 Å². The van der Waals surface area contributed by atoms with Gasteiger partial charge in [-0.3, -0.25) is 4.79 Å². The van der Waals surface area contributed by atoms with Crippen LogP contribution in [0, 0.1) is 0 Å². The average molecular weight is 264 g/mol. The van der Waals surface area contributed by atoms with Crippen LogP contribution in [0.4, 0.5) is 0 Å². The van der Waals surface area contributed by atoms with Crippen LogP contribution in [0.15, 0.2) is 65.4 Å². The molecule has 0 bridgehead atoms. The Kier molecular flexibility index (Phi) is 3.05. The summed E-state index contributed by atoms with van der Waals surface area (Å²) in [6.07, 6.45) is 1.27. The molecule has 0 aliphatic heterocycles. The minimum absolute atomic E-state index is 0.289. The maximum Gasteiger partial charge on any atom is 0.254 e. The summed E-state index contributed by atoms with van der Waals surface area (Å²) in [6, 6.07) is 17.8. The minimum atomic E-state index is -0.548. The van der Waals surface area contributed by atoms with E-state index in [0.717, 1.165) is 16.7 Å². The van der Waals surface area contributed by atoms with Gasteiger partial charge in [0.15, 0.2) is 0 Å². The molecule has 98 valence electrons. The van der Waals surface area contributed by atoms with Gasteiger partial charge in [-0.2, -0.15) is 0 Å². The Morgan fingerprint density at radius 3 is 2.15 bits per heavy atom. The first-order valence-corrected chi connectivity index (χ1v) is 6.16. The van der Waals surface area contributed by atoms with E-state index in [1.165, 1.54) is 6.26 Å². The number of hydrogen-bond acceptors (Lipinski definition) is 3. The summed E-state index contributed by atoms with van der Waals surface area (Å²) in [5.41, 5.74) is 9.07. The lowest BCUT2D eigenvalue weighted by atomic mass is 10.0. The molecule has 0 aliphatic rings. The molecule has 1 aromatic heterocycles. The Morgan fingerprint density at radius 1 is 0.900 bits per heavy atom. The molecule has 3 rings (SSSR count). The van der Waals surface area contributed by atoms with Gasteiger partial charge in [-0.25, -0.2) is 0 Å². The highest BCUT2D eigenvalue weighted by atomic mass is 16.5. The van der Waals surface area contributed by atoms with Crippen LogP contribution in [0.1, 0.15) is 10.4 Å². The molecule has 3 aromatic rings. The third-order valence-corrected chi connectivity index (χ3v) is 3.10. The molecule has 4 heteroatoms. The first-order chi connectivity index (χ1) is 9.75. The molecule has 0 unspecified atom stereocenters. The smallest absolute Gasteiger partial charge is 0.254 e. The number of benzene rings is 2. The van der Waals surface area contributed by atoms with Gasteiger partial charge in [-0.05, 0) is 11.1 Å². The molecule has 0 saturated carbocycles. The molecule has 0 aliphatic carbocycles. The minimum Gasteiger partial charge on any atom is -0.365 e. The predicted molar refractivity (Wildman–Crippen MR) is 75.9 cm³/mol. The summed E-state index contributed by atoms with van der Waals surface area (Å²) in [5.74, 6) is -0.548. The normalized spacial score (nSPS) is 10.4. The molecule has 1 heterocycles. The van der Waals surface area contributed by atoms with Crippen molar-refractivity contribution >= 4 is 5.91 Å². The number of nitrogens with two attached hydrogens (primary N) is 1. The monoisotopic (exact) mass is 264 g/mol. The van der Waals surface area contributed by atoms with Crippen molar-refractivity contribution in [1.29, 1.82) is 0 Å². The third-order valence-electron chi connectivity index (χ3n) is 3.10. The number of rotatable bonds is 3. The number of carbonyl (C=O) groups excluding carboxylic acids is 1. The summed E-state index contributed by atoms with van der Waals surface area (Å²) in [6.45, 7) is 0. The Hall–Kier alpha value is -2.88. The van der Waals surface area contributed by atoms with Crippen molar-refractivity contribution in [2.45, 2.75) is 0 Å². The molecule has 0 saturated heterocycles. The van der Waals surface area contributed by atoms with Gasteiger partial charge in [0, 0.05) is 5.56 Å². The second-order valence-electron chi connectivity index (χ2n) is 4.38. The van der Waals surface area contributed by atoms with Crippen LogP contribution in [-0.2, 0) is 0 Å². The van der Waals surface area contributed by atoms with E-state index in [1.54, 1.807) is 0 Å². The van der Waals surface area contributed by atoms with Crippen LogP contribution in [0.3, 0.4) is 0 Å². The number of hydrogen-bond donors (Lipinski definition) is 1. The van der Waals surface area contributed by atoms with E-state index in [9.17, 15) is 4.79 Å². The van der Waals surface area contributed by atoms with E-state index in [2.05, 4.69) is 5.16 Å². The number of primary amides is 1. The van der Waals surface area contributed by atoms with Gasteiger partial charge in [0.05, 0.1) is 0 Å². The van der Waals surface area contributed by atoms with E-state index in [0.29, 0.717) is 5.69 Å². The quantitative estimate of drug-likeness (QED) is 0.790. The van der Waals surface area contributed by atoms with Gasteiger partial charge in [0.25, 0.3) is 5.91 Å². The van der Waals surface area contributed by atoms with E-state index < -0.39 is 5.91 Å². The van der Waals surface area contributed by atoms with Gasteiger partial charge >= 0.3 is 0 Å². The largest absolute Gasteiger partial charge is 0.365 e. The second-order valence-corrected chi connectivity index (χ2v) is 4.38. The van der Waals surface area contributed by atoms with E-state index in [-0.39, 0.29) is 5.56 Å². The molecule has 4 nitrogen and oxygen atoms in total. The molecule has 2 aromatic carbocycles. The zero-order chi connectivity index (χ0) is 13.9. The molecule has 0 fully saturated rings. The number of carbonyl (C=O) groups is 1. The van der Waals surface area contributed by atoms with E-state index in [4.69, 9.17) is 10.3 Å². The van der Waals surface area contributed by atoms with Crippen molar-refractivity contribution < 1.29 is 9.32 Å². The predicted octanol–water partition coefficient (Wildman–Crippen LogP) is 3.11. The second kappa shape index (κ2) is 5.01. The summed E-state index contributed by atoms with van der Waals surface area (Å²) < 4.78 is 4.83. The average Bonchev–Trinajstić information content (AvgIpc) is 2.98. The van der Waals surface area contributed by atoms with Crippen molar-refractivity contribution in [2.75, 3.05) is 0 Å². The zero-order valence-electron chi connectivity index (χ0n) is 10.6. The van der Waals surface area contributed by atoms with Gasteiger partial charge < -0.3 is 10.3 Å². The Labute approximate surface area is 115 Å². The molecular formula is C16H12N2O2. The molecule has 2 N–H and O–H groups in total. The maximum atomic E-state index is 11.3. The van der Waals surface area contributed by atoms with Crippen LogP contribution in [0.5, 0.6) is 0 Å². The van der Waals surface area contributed by atoms with Gasteiger partial charge in [-0.1, -0.05) is 59.8 Å². The third kappa shape index (κ3) is 2.19. The van der Waals surface area contributed by atoms with Crippen LogP contribution in [0.2, 0.25) is 0 Å². The highest BCUT2D eigenvalue weighted by Gasteiger charge is 2.14. The topological polar surface area (TPSA) is 69.1 Å². The highest BCUT2D eigenvalue weighted by Crippen LogP contribution is 2.25. The lowest BCUT2D eigenvalue weighted by Crippen LogP contribution is -2.10. The van der Waals surface area contributed by atoms with Crippen molar-refractivity contribution in [3.63, 3.8) is 0 Å². The summed E-state index contributed by atoms with van der Waals surface area (Å²) in [5, 5.41) is 3.83. The van der Waals surface area contributed by atoms with Crippen molar-refractivity contribution in [1.82, 2.24) is 5.16 Å². The van der Waals surface area contributed by atoms with Crippen LogP contribution < -0.4 is 5.73 Å². The van der Waals surface area contributed by atoms with Crippen LogP contribution in [-0.4, -0.2) is 11.1 Å². The fourth-order valence-electron chi connectivity index (χ4n) is 2.07. The van der Waals surface area contributed by atoms with Gasteiger partial charge in [-0.15, -0.1) is 0 Å². The lowest BCUT2D eigenvalue weighted by Gasteiger charge is -2.03. The number of amides is 1. The van der Waals surface area contributed by atoms with Crippen molar-refractivity contribution in [3.8, 4) is 22.4 Å². The zero-order valence-corrected chi connectivity index (χ0v) is 10.6. The first kappa shape index (κ1) is 12.2. The van der Waals surface area contributed by atoms with Crippen molar-refractivity contribution in [2.24, 2.45) is 5.73 Å². The fraction of sp³-hybridized carbons (Fsp3) is 0. The van der Waals surface area contributed by atoms with Crippen LogP contribution in [0.25, 0.3) is 22.4 Å². The maximum absolute atomic E-state index is 11.3. The molecule has 0 radical (unpaired) electrons. The van der Waals surface area contributed by atoms with E-state index in [1.807, 2.05) is 54.6 Å². The highest BCUT2D eigenvalue weighted by molar-refractivity contribution is 5.98. The Bertz CT molecular complexity index is 731. The van der Waals surface area contributed by atoms with Gasteiger partial charge in [0.1, 0.15) is 17.5 Å². The standard InChI is InChI=1S/C16H12N2O2/c17-16(19)14-10-20-18-15(14)13-8-6-12(7-9-13)11-4-2-1-3-5-11/h1-10H,(H2,17,19). The Morgan fingerprint density at radius 2 is 1.50 bits per heavy atom. The molecule has 20 heavy (non-hydrogen) atoms. The molecule has 0 spiro atoms. The van der Waals surface area contributed by atoms with E-state index >= 15 is 0 Å². The Balaban J connectivity index is 1.98. The fourth-order valence-corrected chi connectivity index (χ4v) is 2.07. The number of aromatic nitrogens is 1. The van der Waals surface area contributed by atoms with Crippen molar-refractivity contribution in [3.05, 3.63) is 66.4 Å². The summed E-state index contributed by atoms with van der Waals surface area (Å²) in [7, 11) is 0. The molecule has 0 atom stereocenters. The summed E-state index contributed by atoms with van der Waals surface area (Å²) in [4.78, 5) is 11.3. The summed E-state index contributed by atoms with van der Waals surface area (Å²) >= 11 is 0.